The molecule has 1 aromatic heterocycles. The fraction of sp³-hybridized carbons (Fsp3) is 0.444. The molecule has 2 nitrogen and oxygen atoms in total. The Labute approximate surface area is 66.7 Å². The van der Waals surface area contributed by atoms with Crippen LogP contribution in [-0.4, -0.2) is 11.0 Å². The van der Waals surface area contributed by atoms with E-state index in [0.29, 0.717) is 6.04 Å². The SMILES string of the molecule is Cc1ccc2c(n1)NC(C)C2. The van der Waals surface area contributed by atoms with E-state index in [1.54, 1.807) is 0 Å². The average molecular weight is 148 g/mol. The molecular weight excluding hydrogens is 136 g/mol. The van der Waals surface area contributed by atoms with Crippen molar-refractivity contribution in [3.8, 4) is 0 Å². The summed E-state index contributed by atoms with van der Waals surface area (Å²) < 4.78 is 0. The molecule has 2 heteroatoms. The van der Waals surface area contributed by atoms with Crippen molar-refractivity contribution in [2.75, 3.05) is 5.32 Å². The van der Waals surface area contributed by atoms with E-state index in [0.717, 1.165) is 17.9 Å². The van der Waals surface area contributed by atoms with Gasteiger partial charge in [0.15, 0.2) is 0 Å². The Bertz CT molecular complexity index is 281. The predicted molar refractivity (Wildman–Crippen MR) is 45.8 cm³/mol. The third-order valence-electron chi connectivity index (χ3n) is 2.03. The molecule has 0 aliphatic carbocycles. The van der Waals surface area contributed by atoms with Gasteiger partial charge in [-0.15, -0.1) is 0 Å². The summed E-state index contributed by atoms with van der Waals surface area (Å²) in [5, 5.41) is 3.33. The first kappa shape index (κ1) is 6.65. The Kier molecular flexibility index (Phi) is 1.34. The van der Waals surface area contributed by atoms with Crippen LogP contribution < -0.4 is 5.32 Å². The Hall–Kier alpha value is -1.05. The normalized spacial score (nSPS) is 21.1. The van der Waals surface area contributed by atoms with E-state index in [1.165, 1.54) is 5.56 Å². The van der Waals surface area contributed by atoms with E-state index >= 15 is 0 Å². The lowest BCUT2D eigenvalue weighted by atomic mass is 10.1. The van der Waals surface area contributed by atoms with Gasteiger partial charge in [-0.1, -0.05) is 6.07 Å². The number of hydrogen-bond donors (Lipinski definition) is 1. The number of pyridine rings is 1. The molecule has 2 heterocycles. The molecule has 0 bridgehead atoms. The minimum atomic E-state index is 0.555. The van der Waals surface area contributed by atoms with Gasteiger partial charge in [-0.05, 0) is 31.9 Å². The Morgan fingerprint density at radius 2 is 2.36 bits per heavy atom. The molecule has 11 heavy (non-hydrogen) atoms. The number of nitrogens with one attached hydrogen (secondary N) is 1. The van der Waals surface area contributed by atoms with Gasteiger partial charge in [0.2, 0.25) is 0 Å². The molecule has 0 aromatic carbocycles. The second-order valence-corrected chi connectivity index (χ2v) is 3.21. The first-order chi connectivity index (χ1) is 5.25. The van der Waals surface area contributed by atoms with Crippen molar-refractivity contribution in [3.63, 3.8) is 0 Å². The molecule has 1 aromatic rings. The fourth-order valence-corrected chi connectivity index (χ4v) is 1.49. The molecular formula is C9H12N2. The van der Waals surface area contributed by atoms with E-state index in [1.807, 2.05) is 6.92 Å². The molecule has 1 N–H and O–H groups in total. The minimum Gasteiger partial charge on any atom is -0.367 e. The van der Waals surface area contributed by atoms with Crippen molar-refractivity contribution in [2.24, 2.45) is 0 Å². The van der Waals surface area contributed by atoms with Crippen LogP contribution in [0.1, 0.15) is 18.2 Å². The summed E-state index contributed by atoms with van der Waals surface area (Å²) in [6, 6.07) is 4.78. The highest BCUT2D eigenvalue weighted by atomic mass is 15.0. The lowest BCUT2D eigenvalue weighted by Gasteiger charge is -2.00. The van der Waals surface area contributed by atoms with Crippen LogP contribution in [0, 0.1) is 6.92 Å². The summed E-state index contributed by atoms with van der Waals surface area (Å²) in [6.07, 6.45) is 1.11. The molecule has 58 valence electrons. The number of aromatic nitrogens is 1. The van der Waals surface area contributed by atoms with Gasteiger partial charge in [0.05, 0.1) is 0 Å². The third kappa shape index (κ3) is 1.09. The van der Waals surface area contributed by atoms with Gasteiger partial charge in [0.25, 0.3) is 0 Å². The number of fused-ring (bicyclic) bond motifs is 1. The lowest BCUT2D eigenvalue weighted by molar-refractivity contribution is 0.838. The van der Waals surface area contributed by atoms with E-state index in [-0.39, 0.29) is 0 Å². The molecule has 0 spiro atoms. The molecule has 0 saturated heterocycles. The first-order valence-electron chi connectivity index (χ1n) is 3.99. The summed E-state index contributed by atoms with van der Waals surface area (Å²) in [5.41, 5.74) is 2.44. The van der Waals surface area contributed by atoms with Crippen LogP contribution in [0.25, 0.3) is 0 Å². The van der Waals surface area contributed by atoms with Crippen molar-refractivity contribution in [1.82, 2.24) is 4.98 Å². The zero-order valence-electron chi connectivity index (χ0n) is 6.89. The van der Waals surface area contributed by atoms with Crippen molar-refractivity contribution in [3.05, 3.63) is 23.4 Å². The second-order valence-electron chi connectivity index (χ2n) is 3.21. The van der Waals surface area contributed by atoms with Crippen molar-refractivity contribution < 1.29 is 0 Å². The number of anilines is 1. The lowest BCUT2D eigenvalue weighted by Crippen LogP contribution is -2.09. The molecule has 0 amide bonds. The van der Waals surface area contributed by atoms with Crippen LogP contribution >= 0.6 is 0 Å². The van der Waals surface area contributed by atoms with Crippen LogP contribution in [0.3, 0.4) is 0 Å². The van der Waals surface area contributed by atoms with Gasteiger partial charge >= 0.3 is 0 Å². The highest BCUT2D eigenvalue weighted by molar-refractivity contribution is 5.50. The van der Waals surface area contributed by atoms with Crippen LogP contribution in [0.5, 0.6) is 0 Å². The maximum absolute atomic E-state index is 4.39. The maximum atomic E-state index is 4.39. The van der Waals surface area contributed by atoms with Crippen LogP contribution in [-0.2, 0) is 6.42 Å². The van der Waals surface area contributed by atoms with E-state index in [2.05, 4.69) is 29.4 Å². The monoisotopic (exact) mass is 148 g/mol. The number of rotatable bonds is 0. The summed E-state index contributed by atoms with van der Waals surface area (Å²) in [7, 11) is 0. The summed E-state index contributed by atoms with van der Waals surface area (Å²) in [6.45, 7) is 4.20. The number of hydrogen-bond acceptors (Lipinski definition) is 2. The average Bonchev–Trinajstić information content (AvgIpc) is 2.27. The molecule has 2 rings (SSSR count). The smallest absolute Gasteiger partial charge is 0.129 e. The third-order valence-corrected chi connectivity index (χ3v) is 2.03. The van der Waals surface area contributed by atoms with Crippen LogP contribution in [0.2, 0.25) is 0 Å². The Balaban J connectivity index is 2.43. The van der Waals surface area contributed by atoms with Gasteiger partial charge in [0, 0.05) is 11.7 Å². The first-order valence-corrected chi connectivity index (χ1v) is 3.99. The Morgan fingerprint density at radius 1 is 1.55 bits per heavy atom. The molecule has 1 aliphatic heterocycles. The predicted octanol–water partition coefficient (Wildman–Crippen LogP) is 1.75. The second kappa shape index (κ2) is 2.22. The summed E-state index contributed by atoms with van der Waals surface area (Å²) in [4.78, 5) is 4.39. The molecule has 1 aliphatic rings. The van der Waals surface area contributed by atoms with E-state index in [4.69, 9.17) is 0 Å². The Morgan fingerprint density at radius 3 is 3.18 bits per heavy atom. The molecule has 0 saturated carbocycles. The highest BCUT2D eigenvalue weighted by Gasteiger charge is 2.16. The maximum Gasteiger partial charge on any atom is 0.129 e. The van der Waals surface area contributed by atoms with Crippen LogP contribution in [0.15, 0.2) is 12.1 Å². The fourth-order valence-electron chi connectivity index (χ4n) is 1.49. The van der Waals surface area contributed by atoms with Crippen molar-refractivity contribution in [1.29, 1.82) is 0 Å². The van der Waals surface area contributed by atoms with Crippen molar-refractivity contribution in [2.45, 2.75) is 26.3 Å². The molecule has 0 radical (unpaired) electrons. The highest BCUT2D eigenvalue weighted by Crippen LogP contribution is 2.22. The summed E-state index contributed by atoms with van der Waals surface area (Å²) in [5.74, 6) is 1.08. The van der Waals surface area contributed by atoms with E-state index < -0.39 is 0 Å². The van der Waals surface area contributed by atoms with Crippen LogP contribution in [0.4, 0.5) is 5.82 Å². The summed E-state index contributed by atoms with van der Waals surface area (Å²) >= 11 is 0. The van der Waals surface area contributed by atoms with E-state index in [9.17, 15) is 0 Å². The molecule has 1 atom stereocenters. The largest absolute Gasteiger partial charge is 0.367 e. The molecule has 0 fully saturated rings. The number of nitrogens with zero attached hydrogens (tertiary/aromatic N) is 1. The number of aryl methyl sites for hydroxylation is 1. The van der Waals surface area contributed by atoms with Gasteiger partial charge in [-0.25, -0.2) is 4.98 Å². The van der Waals surface area contributed by atoms with Crippen molar-refractivity contribution >= 4 is 5.82 Å². The minimum absolute atomic E-state index is 0.555. The van der Waals surface area contributed by atoms with Gasteiger partial charge in [-0.3, -0.25) is 0 Å². The zero-order valence-corrected chi connectivity index (χ0v) is 6.89. The van der Waals surface area contributed by atoms with Gasteiger partial charge < -0.3 is 5.32 Å². The molecule has 1 unspecified atom stereocenters. The zero-order chi connectivity index (χ0) is 7.84. The van der Waals surface area contributed by atoms with Gasteiger partial charge in [0.1, 0.15) is 5.82 Å². The standard InChI is InChI=1S/C9H12N2/c1-6-3-4-8-5-7(2)11-9(8)10-6/h3-4,7H,5H2,1-2H3,(H,10,11). The van der Waals surface area contributed by atoms with Gasteiger partial charge in [-0.2, -0.15) is 0 Å². The topological polar surface area (TPSA) is 24.9 Å². The quantitative estimate of drug-likeness (QED) is 0.606.